The van der Waals surface area contributed by atoms with E-state index in [0.717, 1.165) is 0 Å². The molecule has 6 heteroatoms. The van der Waals surface area contributed by atoms with E-state index in [-0.39, 0.29) is 11.4 Å². The van der Waals surface area contributed by atoms with Crippen molar-refractivity contribution in [2.75, 3.05) is 7.11 Å². The summed E-state index contributed by atoms with van der Waals surface area (Å²) in [5.74, 6) is -0.572. The average molecular weight is 233 g/mol. The SMILES string of the molecule is COc1ncccc1C(=O)CCC(F)(F)F. The number of carbonyl (C=O) groups is 1. The molecule has 0 atom stereocenters. The molecule has 0 N–H and O–H groups in total. The molecule has 1 aromatic rings. The molecule has 0 amide bonds. The van der Waals surface area contributed by atoms with E-state index in [2.05, 4.69) is 4.98 Å². The first-order valence-electron chi connectivity index (χ1n) is 4.53. The van der Waals surface area contributed by atoms with Crippen LogP contribution in [0.2, 0.25) is 0 Å². The highest BCUT2D eigenvalue weighted by Crippen LogP contribution is 2.24. The summed E-state index contributed by atoms with van der Waals surface area (Å²) in [5.41, 5.74) is 0.0780. The van der Waals surface area contributed by atoms with Crippen molar-refractivity contribution in [2.45, 2.75) is 19.0 Å². The van der Waals surface area contributed by atoms with Crippen molar-refractivity contribution in [1.29, 1.82) is 0 Å². The minimum absolute atomic E-state index is 0.0506. The van der Waals surface area contributed by atoms with E-state index in [9.17, 15) is 18.0 Å². The monoisotopic (exact) mass is 233 g/mol. The maximum Gasteiger partial charge on any atom is 0.389 e. The Hall–Kier alpha value is -1.59. The van der Waals surface area contributed by atoms with Gasteiger partial charge in [0.15, 0.2) is 5.78 Å². The van der Waals surface area contributed by atoms with E-state index in [4.69, 9.17) is 4.74 Å². The molecule has 0 aliphatic carbocycles. The fraction of sp³-hybridized carbons (Fsp3) is 0.400. The predicted molar refractivity (Wildman–Crippen MR) is 50.4 cm³/mol. The number of ketones is 1. The summed E-state index contributed by atoms with van der Waals surface area (Å²) in [6, 6.07) is 2.87. The van der Waals surface area contributed by atoms with Gasteiger partial charge in [0.1, 0.15) is 0 Å². The van der Waals surface area contributed by atoms with Crippen LogP contribution in [0.25, 0.3) is 0 Å². The highest BCUT2D eigenvalue weighted by molar-refractivity contribution is 5.98. The number of hydrogen-bond acceptors (Lipinski definition) is 3. The number of nitrogens with zero attached hydrogens (tertiary/aromatic N) is 1. The summed E-state index contributed by atoms with van der Waals surface area (Å²) in [6.07, 6.45) is -4.65. The standard InChI is InChI=1S/C10H10F3NO2/c1-16-9-7(3-2-6-14-9)8(15)4-5-10(11,12)13/h2-3,6H,4-5H2,1H3. The summed E-state index contributed by atoms with van der Waals surface area (Å²) in [7, 11) is 1.31. The maximum atomic E-state index is 11.9. The van der Waals surface area contributed by atoms with Crippen LogP contribution in [-0.2, 0) is 0 Å². The molecular formula is C10H10F3NO2. The largest absolute Gasteiger partial charge is 0.480 e. The van der Waals surface area contributed by atoms with Crippen LogP contribution in [0.1, 0.15) is 23.2 Å². The van der Waals surface area contributed by atoms with Crippen LogP contribution in [0.4, 0.5) is 13.2 Å². The number of ether oxygens (including phenoxy) is 1. The normalized spacial score (nSPS) is 11.2. The van der Waals surface area contributed by atoms with E-state index in [1.807, 2.05) is 0 Å². The Morgan fingerprint density at radius 1 is 1.50 bits per heavy atom. The van der Waals surface area contributed by atoms with E-state index in [1.54, 1.807) is 0 Å². The van der Waals surface area contributed by atoms with Gasteiger partial charge < -0.3 is 4.74 Å². The van der Waals surface area contributed by atoms with Gasteiger partial charge >= 0.3 is 6.18 Å². The minimum Gasteiger partial charge on any atom is -0.480 e. The zero-order valence-corrected chi connectivity index (χ0v) is 8.54. The number of halogens is 3. The molecule has 1 rings (SSSR count). The van der Waals surface area contributed by atoms with Crippen molar-refractivity contribution in [1.82, 2.24) is 4.98 Å². The van der Waals surface area contributed by atoms with Gasteiger partial charge in [0, 0.05) is 12.6 Å². The first kappa shape index (κ1) is 12.5. The van der Waals surface area contributed by atoms with Crippen molar-refractivity contribution in [2.24, 2.45) is 0 Å². The number of methoxy groups -OCH3 is 1. The topological polar surface area (TPSA) is 39.2 Å². The van der Waals surface area contributed by atoms with Gasteiger partial charge in [0.2, 0.25) is 5.88 Å². The molecule has 0 aromatic carbocycles. The third-order valence-electron chi connectivity index (χ3n) is 1.90. The number of aromatic nitrogens is 1. The quantitative estimate of drug-likeness (QED) is 0.750. The summed E-state index contributed by atoms with van der Waals surface area (Å²) in [6.45, 7) is 0. The number of Topliss-reactive ketones (excluding diaryl/α,β-unsaturated/α-hetero) is 1. The summed E-state index contributed by atoms with van der Waals surface area (Å²) < 4.78 is 40.5. The van der Waals surface area contributed by atoms with Gasteiger partial charge in [-0.15, -0.1) is 0 Å². The van der Waals surface area contributed by atoms with Crippen LogP contribution in [0.5, 0.6) is 5.88 Å². The fourth-order valence-corrected chi connectivity index (χ4v) is 1.16. The Bertz CT molecular complexity index is 377. The van der Waals surface area contributed by atoms with Crippen molar-refractivity contribution < 1.29 is 22.7 Å². The van der Waals surface area contributed by atoms with Crippen LogP contribution >= 0.6 is 0 Å². The maximum absolute atomic E-state index is 11.9. The van der Waals surface area contributed by atoms with Gasteiger partial charge in [-0.25, -0.2) is 4.98 Å². The number of alkyl halides is 3. The first-order valence-corrected chi connectivity index (χ1v) is 4.53. The van der Waals surface area contributed by atoms with Gasteiger partial charge in [0.05, 0.1) is 19.1 Å². The Labute approximate surface area is 90.2 Å². The highest BCUT2D eigenvalue weighted by atomic mass is 19.4. The molecule has 0 bridgehead atoms. The van der Waals surface area contributed by atoms with E-state index >= 15 is 0 Å². The summed E-state index contributed by atoms with van der Waals surface area (Å²) in [5, 5.41) is 0. The Kier molecular flexibility index (Phi) is 3.87. The second-order valence-corrected chi connectivity index (χ2v) is 3.10. The average Bonchev–Trinajstić information content (AvgIpc) is 2.25. The molecule has 3 nitrogen and oxygen atoms in total. The van der Waals surface area contributed by atoms with Crippen molar-refractivity contribution in [3.05, 3.63) is 23.9 Å². The van der Waals surface area contributed by atoms with Crippen LogP contribution in [0, 0.1) is 0 Å². The zero-order valence-electron chi connectivity index (χ0n) is 8.54. The third kappa shape index (κ3) is 3.52. The van der Waals surface area contributed by atoms with E-state index in [1.165, 1.54) is 25.4 Å². The Morgan fingerprint density at radius 3 is 2.75 bits per heavy atom. The van der Waals surface area contributed by atoms with Gasteiger partial charge in [-0.05, 0) is 12.1 Å². The molecular weight excluding hydrogens is 223 g/mol. The van der Waals surface area contributed by atoms with Crippen LogP contribution in [0.15, 0.2) is 18.3 Å². The summed E-state index contributed by atoms with van der Waals surface area (Å²) in [4.78, 5) is 15.2. The van der Waals surface area contributed by atoms with Crippen LogP contribution in [0.3, 0.4) is 0 Å². The van der Waals surface area contributed by atoms with E-state index < -0.39 is 24.8 Å². The zero-order chi connectivity index (χ0) is 12.2. The number of hydrogen-bond donors (Lipinski definition) is 0. The molecule has 0 saturated heterocycles. The highest BCUT2D eigenvalue weighted by Gasteiger charge is 2.28. The molecule has 88 valence electrons. The predicted octanol–water partition coefficient (Wildman–Crippen LogP) is 2.62. The van der Waals surface area contributed by atoms with Gasteiger partial charge in [-0.2, -0.15) is 13.2 Å². The van der Waals surface area contributed by atoms with Gasteiger partial charge in [0.25, 0.3) is 0 Å². The molecule has 0 aliphatic heterocycles. The lowest BCUT2D eigenvalue weighted by Gasteiger charge is -2.07. The van der Waals surface area contributed by atoms with Crippen LogP contribution in [-0.4, -0.2) is 24.1 Å². The van der Waals surface area contributed by atoms with Gasteiger partial charge in [-0.1, -0.05) is 0 Å². The van der Waals surface area contributed by atoms with Crippen LogP contribution < -0.4 is 4.74 Å². The second kappa shape index (κ2) is 4.96. The van der Waals surface area contributed by atoms with Crippen molar-refractivity contribution in [3.8, 4) is 5.88 Å². The molecule has 0 saturated carbocycles. The first-order chi connectivity index (χ1) is 7.44. The van der Waals surface area contributed by atoms with Gasteiger partial charge in [-0.3, -0.25) is 4.79 Å². The lowest BCUT2D eigenvalue weighted by atomic mass is 10.1. The molecule has 0 fully saturated rings. The third-order valence-corrected chi connectivity index (χ3v) is 1.90. The Morgan fingerprint density at radius 2 is 2.19 bits per heavy atom. The number of rotatable bonds is 4. The number of carbonyl (C=O) groups excluding carboxylic acids is 1. The Balaban J connectivity index is 2.73. The smallest absolute Gasteiger partial charge is 0.389 e. The molecule has 0 radical (unpaired) electrons. The molecule has 1 heterocycles. The molecule has 16 heavy (non-hydrogen) atoms. The minimum atomic E-state index is -4.33. The van der Waals surface area contributed by atoms with Crippen molar-refractivity contribution in [3.63, 3.8) is 0 Å². The van der Waals surface area contributed by atoms with Crippen molar-refractivity contribution >= 4 is 5.78 Å². The second-order valence-electron chi connectivity index (χ2n) is 3.10. The van der Waals surface area contributed by atoms with E-state index in [0.29, 0.717) is 0 Å². The fourth-order valence-electron chi connectivity index (χ4n) is 1.16. The number of pyridine rings is 1. The molecule has 1 aromatic heterocycles. The molecule has 0 spiro atoms. The molecule has 0 unspecified atom stereocenters. The lowest BCUT2D eigenvalue weighted by molar-refractivity contribution is -0.133. The lowest BCUT2D eigenvalue weighted by Crippen LogP contribution is -2.11. The molecule has 0 aliphatic rings. The summed E-state index contributed by atoms with van der Waals surface area (Å²) >= 11 is 0.